The minimum Gasteiger partial charge on any atom is -0.489 e. The Bertz CT molecular complexity index is 803. The molecule has 1 aliphatic rings. The largest absolute Gasteiger partial charge is 0.489 e. The summed E-state index contributed by atoms with van der Waals surface area (Å²) in [5.41, 5.74) is 2.52. The molecular formula is C21H25F3N2O3. The normalized spacial score (nSPS) is 19.8. The van der Waals surface area contributed by atoms with E-state index in [1.807, 2.05) is 26.0 Å². The van der Waals surface area contributed by atoms with E-state index in [2.05, 4.69) is 10.5 Å². The Morgan fingerprint density at radius 2 is 1.83 bits per heavy atom. The molecule has 0 saturated heterocycles. The van der Waals surface area contributed by atoms with Gasteiger partial charge in [0.2, 0.25) is 5.91 Å². The summed E-state index contributed by atoms with van der Waals surface area (Å²) in [7, 11) is 0. The maximum absolute atomic E-state index is 12.7. The molecule has 5 nitrogen and oxygen atoms in total. The van der Waals surface area contributed by atoms with Crippen molar-refractivity contribution in [3.05, 3.63) is 46.8 Å². The number of nitrogens with one attached hydrogen (secondary N) is 1. The highest BCUT2D eigenvalue weighted by atomic mass is 19.4. The van der Waals surface area contributed by atoms with Crippen molar-refractivity contribution in [2.45, 2.75) is 64.8 Å². The number of benzene rings is 1. The van der Waals surface area contributed by atoms with Crippen molar-refractivity contribution in [2.75, 3.05) is 0 Å². The molecule has 29 heavy (non-hydrogen) atoms. The number of aromatic nitrogens is 1. The molecule has 8 heteroatoms. The lowest BCUT2D eigenvalue weighted by Crippen LogP contribution is -2.40. The van der Waals surface area contributed by atoms with Crippen LogP contribution < -0.4 is 10.1 Å². The summed E-state index contributed by atoms with van der Waals surface area (Å²) in [6.07, 6.45) is -3.07. The number of alkyl halides is 3. The van der Waals surface area contributed by atoms with Crippen LogP contribution in [0.15, 0.2) is 28.8 Å². The Hall–Kier alpha value is -2.51. The minimum absolute atomic E-state index is 0.0750. The van der Waals surface area contributed by atoms with Crippen LogP contribution in [0.4, 0.5) is 13.2 Å². The average molecular weight is 410 g/mol. The van der Waals surface area contributed by atoms with Crippen molar-refractivity contribution < 1.29 is 27.2 Å². The molecule has 1 saturated carbocycles. The first kappa shape index (κ1) is 21.2. The SMILES string of the molecule is Cc1noc(C)c1COc1ccc(CC(=O)NC2CCC(C(F)(F)F)CC2)cc1. The van der Waals surface area contributed by atoms with Gasteiger partial charge in [0.1, 0.15) is 18.1 Å². The fraction of sp³-hybridized carbons (Fsp3) is 0.524. The van der Waals surface area contributed by atoms with Crippen LogP contribution in [0.1, 0.15) is 48.3 Å². The van der Waals surface area contributed by atoms with E-state index >= 15 is 0 Å². The van der Waals surface area contributed by atoms with Crippen molar-refractivity contribution in [3.63, 3.8) is 0 Å². The van der Waals surface area contributed by atoms with Crippen molar-refractivity contribution in [3.8, 4) is 5.75 Å². The van der Waals surface area contributed by atoms with Gasteiger partial charge in [-0.15, -0.1) is 0 Å². The second-order valence-electron chi connectivity index (χ2n) is 7.57. The number of ether oxygens (including phenoxy) is 1. The summed E-state index contributed by atoms with van der Waals surface area (Å²) in [5, 5.41) is 6.74. The molecule has 2 aromatic rings. The Balaban J connectivity index is 1.44. The van der Waals surface area contributed by atoms with Crippen LogP contribution in [0.5, 0.6) is 5.75 Å². The molecule has 0 bridgehead atoms. The van der Waals surface area contributed by atoms with Gasteiger partial charge in [-0.05, 0) is 57.2 Å². The summed E-state index contributed by atoms with van der Waals surface area (Å²) in [6.45, 7) is 4.03. The summed E-state index contributed by atoms with van der Waals surface area (Å²) in [6, 6.07) is 7.01. The zero-order chi connectivity index (χ0) is 21.0. The van der Waals surface area contributed by atoms with Gasteiger partial charge < -0.3 is 14.6 Å². The molecule has 0 spiro atoms. The Kier molecular flexibility index (Phi) is 6.49. The lowest BCUT2D eigenvalue weighted by molar-refractivity contribution is -0.182. The number of amides is 1. The molecule has 1 aromatic carbocycles. The van der Waals surface area contributed by atoms with E-state index in [4.69, 9.17) is 9.26 Å². The van der Waals surface area contributed by atoms with Gasteiger partial charge >= 0.3 is 6.18 Å². The van der Waals surface area contributed by atoms with E-state index in [-0.39, 0.29) is 31.2 Å². The first-order valence-corrected chi connectivity index (χ1v) is 9.72. The van der Waals surface area contributed by atoms with Crippen LogP contribution in [0.2, 0.25) is 0 Å². The van der Waals surface area contributed by atoms with E-state index in [0.717, 1.165) is 22.6 Å². The smallest absolute Gasteiger partial charge is 0.391 e. The number of carbonyl (C=O) groups is 1. The van der Waals surface area contributed by atoms with Gasteiger partial charge in [-0.25, -0.2) is 0 Å². The molecule has 1 aromatic heterocycles. The van der Waals surface area contributed by atoms with E-state index < -0.39 is 12.1 Å². The van der Waals surface area contributed by atoms with Gasteiger partial charge in [-0.2, -0.15) is 13.2 Å². The second-order valence-corrected chi connectivity index (χ2v) is 7.57. The molecule has 3 rings (SSSR count). The van der Waals surface area contributed by atoms with E-state index in [1.54, 1.807) is 12.1 Å². The molecule has 158 valence electrons. The zero-order valence-electron chi connectivity index (χ0n) is 16.5. The summed E-state index contributed by atoms with van der Waals surface area (Å²) in [5.74, 6) is -0.0295. The Labute approximate surface area is 167 Å². The maximum Gasteiger partial charge on any atom is 0.391 e. The van der Waals surface area contributed by atoms with Crippen molar-refractivity contribution in [1.29, 1.82) is 0 Å². The minimum atomic E-state index is -4.13. The summed E-state index contributed by atoms with van der Waals surface area (Å²) >= 11 is 0. The van der Waals surface area contributed by atoms with Crippen LogP contribution in [-0.4, -0.2) is 23.3 Å². The quantitative estimate of drug-likeness (QED) is 0.753. The number of nitrogens with zero attached hydrogens (tertiary/aromatic N) is 1. The van der Waals surface area contributed by atoms with E-state index in [9.17, 15) is 18.0 Å². The van der Waals surface area contributed by atoms with E-state index in [1.165, 1.54) is 0 Å². The molecule has 1 aliphatic carbocycles. The highest BCUT2D eigenvalue weighted by Crippen LogP contribution is 2.37. The first-order chi connectivity index (χ1) is 13.7. The summed E-state index contributed by atoms with van der Waals surface area (Å²) < 4.78 is 49.0. The fourth-order valence-corrected chi connectivity index (χ4v) is 3.60. The third-order valence-electron chi connectivity index (χ3n) is 5.41. The Morgan fingerprint density at radius 3 is 2.38 bits per heavy atom. The lowest BCUT2D eigenvalue weighted by atomic mass is 9.85. The molecule has 0 aliphatic heterocycles. The number of hydrogen-bond donors (Lipinski definition) is 1. The number of aryl methyl sites for hydroxylation is 2. The van der Waals surface area contributed by atoms with Gasteiger partial charge in [-0.3, -0.25) is 4.79 Å². The molecule has 1 amide bonds. The maximum atomic E-state index is 12.7. The number of halogens is 3. The average Bonchev–Trinajstić information content (AvgIpc) is 2.99. The lowest BCUT2D eigenvalue weighted by Gasteiger charge is -2.30. The van der Waals surface area contributed by atoms with Gasteiger partial charge in [-0.1, -0.05) is 17.3 Å². The molecular weight excluding hydrogens is 385 g/mol. The third kappa shape index (κ3) is 5.74. The molecule has 1 heterocycles. The predicted molar refractivity (Wildman–Crippen MR) is 100 cm³/mol. The fourth-order valence-electron chi connectivity index (χ4n) is 3.60. The summed E-state index contributed by atoms with van der Waals surface area (Å²) in [4.78, 5) is 12.2. The predicted octanol–water partition coefficient (Wildman–Crippen LogP) is 4.65. The van der Waals surface area contributed by atoms with Gasteiger partial charge in [0.05, 0.1) is 23.6 Å². The molecule has 1 fully saturated rings. The van der Waals surface area contributed by atoms with Crippen molar-refractivity contribution >= 4 is 5.91 Å². The molecule has 1 N–H and O–H groups in total. The van der Waals surface area contributed by atoms with Crippen LogP contribution >= 0.6 is 0 Å². The van der Waals surface area contributed by atoms with Gasteiger partial charge in [0.15, 0.2) is 0 Å². The van der Waals surface area contributed by atoms with Crippen LogP contribution in [0.25, 0.3) is 0 Å². The van der Waals surface area contributed by atoms with Gasteiger partial charge in [0.25, 0.3) is 0 Å². The highest BCUT2D eigenvalue weighted by Gasteiger charge is 2.41. The van der Waals surface area contributed by atoms with E-state index in [0.29, 0.717) is 25.2 Å². The zero-order valence-corrected chi connectivity index (χ0v) is 16.5. The Morgan fingerprint density at radius 1 is 1.17 bits per heavy atom. The number of carbonyl (C=O) groups excluding carboxylic acids is 1. The third-order valence-corrected chi connectivity index (χ3v) is 5.41. The molecule has 0 atom stereocenters. The first-order valence-electron chi connectivity index (χ1n) is 9.72. The van der Waals surface area contributed by atoms with Crippen LogP contribution in [-0.2, 0) is 17.8 Å². The van der Waals surface area contributed by atoms with Crippen molar-refractivity contribution in [1.82, 2.24) is 10.5 Å². The standard InChI is InChI=1S/C21H25F3N2O3/c1-13-19(14(2)29-26-13)12-28-18-9-3-15(4-10-18)11-20(27)25-17-7-5-16(6-8-17)21(22,23)24/h3-4,9-10,16-17H,5-8,11-12H2,1-2H3,(H,25,27). The molecule has 0 radical (unpaired) electrons. The number of rotatable bonds is 6. The molecule has 0 unspecified atom stereocenters. The second kappa shape index (κ2) is 8.88. The van der Waals surface area contributed by atoms with Crippen LogP contribution in [0, 0.1) is 19.8 Å². The van der Waals surface area contributed by atoms with Gasteiger partial charge in [0, 0.05) is 6.04 Å². The van der Waals surface area contributed by atoms with Crippen LogP contribution in [0.3, 0.4) is 0 Å². The topological polar surface area (TPSA) is 64.4 Å². The number of hydrogen-bond acceptors (Lipinski definition) is 4. The highest BCUT2D eigenvalue weighted by molar-refractivity contribution is 5.78. The monoisotopic (exact) mass is 410 g/mol. The van der Waals surface area contributed by atoms with Crippen molar-refractivity contribution in [2.24, 2.45) is 5.92 Å².